The van der Waals surface area contributed by atoms with Crippen molar-refractivity contribution in [2.24, 2.45) is 0 Å². The Balaban J connectivity index is 1.53. The molecule has 1 amide bonds. The third kappa shape index (κ3) is 3.93. The molecule has 3 aromatic rings. The van der Waals surface area contributed by atoms with Crippen LogP contribution in [0.1, 0.15) is 17.2 Å². The first kappa shape index (κ1) is 19.3. The lowest BCUT2D eigenvalue weighted by Gasteiger charge is -2.20. The van der Waals surface area contributed by atoms with E-state index in [1.807, 2.05) is 18.2 Å². The van der Waals surface area contributed by atoms with Gasteiger partial charge in [0, 0.05) is 13.1 Å². The number of amides is 1. The van der Waals surface area contributed by atoms with Crippen molar-refractivity contribution in [2.45, 2.75) is 18.2 Å². The largest absolute Gasteiger partial charge is 0.340 e. The minimum atomic E-state index is -3.36. The van der Waals surface area contributed by atoms with Gasteiger partial charge in [0.25, 0.3) is 5.56 Å². The van der Waals surface area contributed by atoms with Crippen molar-refractivity contribution in [2.75, 3.05) is 18.8 Å². The van der Waals surface area contributed by atoms with Gasteiger partial charge >= 0.3 is 0 Å². The molecule has 0 bridgehead atoms. The molecule has 1 unspecified atom stereocenters. The molecule has 0 N–H and O–H groups in total. The van der Waals surface area contributed by atoms with Gasteiger partial charge in [0.15, 0.2) is 9.84 Å². The number of hydrogen-bond donors (Lipinski definition) is 0. The van der Waals surface area contributed by atoms with E-state index in [9.17, 15) is 18.0 Å². The maximum Gasteiger partial charge on any atom is 0.261 e. The van der Waals surface area contributed by atoms with E-state index >= 15 is 0 Å². The lowest BCUT2D eigenvalue weighted by Crippen LogP contribution is -2.38. The molecule has 0 spiro atoms. The Morgan fingerprint density at radius 3 is 2.55 bits per heavy atom. The molecular formula is C21H21N3O4S. The van der Waals surface area contributed by atoms with E-state index < -0.39 is 15.1 Å². The standard InChI is InChI=1S/C21H21N3O4S/c25-20(14-24-15-22-18-9-5-4-8-17(18)21(24)26)23-11-10-19(29(27,28)13-12-23)16-6-2-1-3-7-16/h1-9,15,19H,10-14H2. The van der Waals surface area contributed by atoms with Crippen LogP contribution in [-0.4, -0.2) is 47.6 Å². The Kier molecular flexibility index (Phi) is 5.19. The summed E-state index contributed by atoms with van der Waals surface area (Å²) in [6, 6.07) is 16.1. The third-order valence-corrected chi connectivity index (χ3v) is 7.43. The van der Waals surface area contributed by atoms with Gasteiger partial charge in [-0.05, 0) is 24.1 Å². The Bertz CT molecular complexity index is 1210. The highest BCUT2D eigenvalue weighted by molar-refractivity contribution is 7.91. The average Bonchev–Trinajstić information content (AvgIpc) is 2.89. The van der Waals surface area contributed by atoms with Crippen LogP contribution in [0.2, 0.25) is 0 Å². The fourth-order valence-electron chi connectivity index (χ4n) is 3.70. The van der Waals surface area contributed by atoms with E-state index in [-0.39, 0.29) is 30.3 Å². The number of carbonyl (C=O) groups is 1. The van der Waals surface area contributed by atoms with Crippen LogP contribution in [-0.2, 0) is 21.2 Å². The summed E-state index contributed by atoms with van der Waals surface area (Å²) in [6.45, 7) is 0.292. The van der Waals surface area contributed by atoms with Crippen molar-refractivity contribution < 1.29 is 13.2 Å². The third-order valence-electron chi connectivity index (χ3n) is 5.30. The van der Waals surface area contributed by atoms with Crippen molar-refractivity contribution in [1.29, 1.82) is 0 Å². The molecule has 7 nitrogen and oxygen atoms in total. The molecule has 150 valence electrons. The second-order valence-electron chi connectivity index (χ2n) is 7.13. The van der Waals surface area contributed by atoms with Crippen LogP contribution < -0.4 is 5.56 Å². The van der Waals surface area contributed by atoms with Crippen LogP contribution in [0.25, 0.3) is 10.9 Å². The van der Waals surface area contributed by atoms with Crippen LogP contribution in [0, 0.1) is 0 Å². The van der Waals surface area contributed by atoms with Gasteiger partial charge in [-0.3, -0.25) is 14.2 Å². The van der Waals surface area contributed by atoms with E-state index in [0.717, 1.165) is 5.56 Å². The van der Waals surface area contributed by atoms with Crippen LogP contribution in [0.15, 0.2) is 65.7 Å². The molecule has 1 aliphatic rings. The minimum Gasteiger partial charge on any atom is -0.340 e. The molecule has 29 heavy (non-hydrogen) atoms. The first-order valence-electron chi connectivity index (χ1n) is 9.44. The topological polar surface area (TPSA) is 89.3 Å². The maximum atomic E-state index is 12.8. The molecule has 4 rings (SSSR count). The Labute approximate surface area is 168 Å². The van der Waals surface area contributed by atoms with Crippen molar-refractivity contribution >= 4 is 26.6 Å². The van der Waals surface area contributed by atoms with Crippen molar-refractivity contribution in [3.8, 4) is 0 Å². The zero-order valence-electron chi connectivity index (χ0n) is 15.8. The highest BCUT2D eigenvalue weighted by atomic mass is 32.2. The first-order chi connectivity index (χ1) is 14.0. The SMILES string of the molecule is O=C(Cn1cnc2ccccc2c1=O)N1CCC(c2ccccc2)S(=O)(=O)CC1. The van der Waals surface area contributed by atoms with Gasteiger partial charge in [0.05, 0.1) is 28.2 Å². The molecule has 2 heterocycles. The molecule has 1 saturated heterocycles. The molecule has 1 aromatic heterocycles. The molecule has 0 radical (unpaired) electrons. The summed E-state index contributed by atoms with van der Waals surface area (Å²) in [5.41, 5.74) is 1.04. The van der Waals surface area contributed by atoms with E-state index in [2.05, 4.69) is 4.98 Å². The second kappa shape index (κ2) is 7.79. The van der Waals surface area contributed by atoms with Gasteiger partial charge in [0.2, 0.25) is 5.91 Å². The van der Waals surface area contributed by atoms with Gasteiger partial charge in [-0.1, -0.05) is 42.5 Å². The fourth-order valence-corrected chi connectivity index (χ4v) is 5.50. The number of aromatic nitrogens is 2. The van der Waals surface area contributed by atoms with E-state index in [1.165, 1.54) is 15.8 Å². The van der Waals surface area contributed by atoms with Crippen LogP contribution in [0.4, 0.5) is 0 Å². The quantitative estimate of drug-likeness (QED) is 0.656. The molecule has 1 fully saturated rings. The smallest absolute Gasteiger partial charge is 0.261 e. The Hall–Kier alpha value is -3.00. The monoisotopic (exact) mass is 411 g/mol. The Morgan fingerprint density at radius 2 is 1.76 bits per heavy atom. The summed E-state index contributed by atoms with van der Waals surface area (Å²) in [6.07, 6.45) is 1.70. The fraction of sp³-hybridized carbons (Fsp3) is 0.286. The molecule has 0 saturated carbocycles. The molecule has 1 atom stereocenters. The predicted molar refractivity (Wildman–Crippen MR) is 110 cm³/mol. The number of hydrogen-bond acceptors (Lipinski definition) is 5. The molecular weight excluding hydrogens is 390 g/mol. The lowest BCUT2D eigenvalue weighted by molar-refractivity contribution is -0.131. The Morgan fingerprint density at radius 1 is 1.03 bits per heavy atom. The summed E-state index contributed by atoms with van der Waals surface area (Å²) < 4.78 is 26.7. The molecule has 0 aliphatic carbocycles. The van der Waals surface area contributed by atoms with Crippen molar-refractivity contribution in [3.05, 3.63) is 76.8 Å². The van der Waals surface area contributed by atoms with Crippen LogP contribution in [0.5, 0.6) is 0 Å². The second-order valence-corrected chi connectivity index (χ2v) is 9.43. The van der Waals surface area contributed by atoms with E-state index in [4.69, 9.17) is 0 Å². The number of benzene rings is 2. The van der Waals surface area contributed by atoms with Gasteiger partial charge in [-0.25, -0.2) is 13.4 Å². The van der Waals surface area contributed by atoms with Gasteiger partial charge in [-0.2, -0.15) is 0 Å². The van der Waals surface area contributed by atoms with Gasteiger partial charge in [0.1, 0.15) is 6.54 Å². The highest BCUT2D eigenvalue weighted by Crippen LogP contribution is 2.29. The summed E-state index contributed by atoms with van der Waals surface area (Å²) >= 11 is 0. The number of rotatable bonds is 3. The minimum absolute atomic E-state index is 0.0941. The average molecular weight is 411 g/mol. The summed E-state index contributed by atoms with van der Waals surface area (Å²) in [5.74, 6) is -0.378. The number of sulfone groups is 1. The van der Waals surface area contributed by atoms with Crippen LogP contribution >= 0.6 is 0 Å². The summed E-state index contributed by atoms with van der Waals surface area (Å²) in [4.78, 5) is 31.2. The molecule has 2 aromatic carbocycles. The van der Waals surface area contributed by atoms with Crippen LogP contribution in [0.3, 0.4) is 0 Å². The molecule has 1 aliphatic heterocycles. The van der Waals surface area contributed by atoms with E-state index in [1.54, 1.807) is 36.4 Å². The zero-order valence-corrected chi connectivity index (χ0v) is 16.6. The zero-order chi connectivity index (χ0) is 20.4. The van der Waals surface area contributed by atoms with Crippen molar-refractivity contribution in [1.82, 2.24) is 14.5 Å². The van der Waals surface area contributed by atoms with E-state index in [0.29, 0.717) is 23.9 Å². The first-order valence-corrected chi connectivity index (χ1v) is 11.2. The number of fused-ring (bicyclic) bond motifs is 1. The maximum absolute atomic E-state index is 12.8. The summed E-state index contributed by atoms with van der Waals surface area (Å²) in [7, 11) is -3.36. The number of nitrogens with zero attached hydrogens (tertiary/aromatic N) is 3. The summed E-state index contributed by atoms with van der Waals surface area (Å²) in [5, 5.41) is -0.169. The molecule has 8 heteroatoms. The normalized spacial score (nSPS) is 19.0. The highest BCUT2D eigenvalue weighted by Gasteiger charge is 2.32. The lowest BCUT2D eigenvalue weighted by atomic mass is 10.1. The number of carbonyl (C=O) groups excluding carboxylic acids is 1. The van der Waals surface area contributed by atoms with Gasteiger partial charge in [-0.15, -0.1) is 0 Å². The number of para-hydroxylation sites is 1. The predicted octanol–water partition coefficient (Wildman–Crippen LogP) is 1.78. The van der Waals surface area contributed by atoms with Gasteiger partial charge < -0.3 is 4.90 Å². The van der Waals surface area contributed by atoms with Crippen molar-refractivity contribution in [3.63, 3.8) is 0 Å².